The number of hydrogen-bond acceptors (Lipinski definition) is 1. The highest BCUT2D eigenvalue weighted by Gasteiger charge is 2.19. The molecule has 2 rings (SSSR count). The molecule has 0 aliphatic rings. The van der Waals surface area contributed by atoms with Crippen LogP contribution < -0.4 is 5.32 Å². The van der Waals surface area contributed by atoms with E-state index in [1.165, 1.54) is 22.1 Å². The minimum Gasteiger partial charge on any atom is -0.374 e. The van der Waals surface area contributed by atoms with Gasteiger partial charge in [-0.25, -0.2) is 0 Å². The maximum Gasteiger partial charge on any atom is 0.0728 e. The lowest BCUT2D eigenvalue weighted by Gasteiger charge is -2.24. The van der Waals surface area contributed by atoms with Crippen molar-refractivity contribution < 1.29 is 0 Å². The Bertz CT molecular complexity index is 973. The average Bonchev–Trinajstić information content (AvgIpc) is 3.06. The number of benzene rings is 1. The van der Waals surface area contributed by atoms with E-state index in [0.29, 0.717) is 0 Å². The minimum absolute atomic E-state index is 0.0293. The lowest BCUT2D eigenvalue weighted by atomic mass is 9.93. The van der Waals surface area contributed by atoms with Crippen molar-refractivity contribution in [2.75, 3.05) is 0 Å². The molecule has 0 aliphatic carbocycles. The largest absolute Gasteiger partial charge is 0.374 e. The molecule has 1 aromatic carbocycles. The molecule has 0 radical (unpaired) electrons. The van der Waals surface area contributed by atoms with Crippen LogP contribution in [-0.4, -0.2) is 11.0 Å². The molecule has 0 aliphatic heterocycles. The van der Waals surface area contributed by atoms with Crippen molar-refractivity contribution in [3.8, 4) is 0 Å². The lowest BCUT2D eigenvalue weighted by molar-refractivity contribution is 0.781. The van der Waals surface area contributed by atoms with Crippen molar-refractivity contribution in [2.24, 2.45) is 0 Å². The molecule has 2 N–H and O–H groups in total. The predicted octanol–water partition coefficient (Wildman–Crippen LogP) is 7.01. The van der Waals surface area contributed by atoms with Crippen LogP contribution in [0.5, 0.6) is 0 Å². The van der Waals surface area contributed by atoms with Crippen molar-refractivity contribution >= 4 is 16.5 Å². The van der Waals surface area contributed by atoms with E-state index in [-0.39, 0.29) is 6.04 Å². The Labute approximate surface area is 169 Å². The van der Waals surface area contributed by atoms with Gasteiger partial charge in [0, 0.05) is 28.4 Å². The van der Waals surface area contributed by atoms with Gasteiger partial charge in [-0.05, 0) is 69.5 Å². The van der Waals surface area contributed by atoms with Crippen LogP contribution in [0.1, 0.15) is 38.8 Å². The molecule has 0 saturated carbocycles. The summed E-state index contributed by atoms with van der Waals surface area (Å²) in [6, 6.07) is 6.45. The molecule has 146 valence electrons. The Morgan fingerprint density at radius 3 is 2.57 bits per heavy atom. The van der Waals surface area contributed by atoms with E-state index in [4.69, 9.17) is 0 Å². The Kier molecular flexibility index (Phi) is 7.45. The third kappa shape index (κ3) is 5.26. The van der Waals surface area contributed by atoms with Crippen LogP contribution in [0, 0.1) is 6.92 Å². The summed E-state index contributed by atoms with van der Waals surface area (Å²) in [5, 5.41) is 4.85. The Balaban J connectivity index is 2.50. The van der Waals surface area contributed by atoms with Gasteiger partial charge in [0.2, 0.25) is 0 Å². The van der Waals surface area contributed by atoms with Gasteiger partial charge in [0.05, 0.1) is 6.04 Å². The molecular formula is C26H32N2. The number of fused-ring (bicyclic) bond motifs is 1. The van der Waals surface area contributed by atoms with Crippen LogP contribution in [-0.2, 0) is 0 Å². The number of aromatic nitrogens is 1. The number of nitrogens with one attached hydrogen (secondary N) is 2. The van der Waals surface area contributed by atoms with Crippen molar-refractivity contribution in [3.05, 3.63) is 102 Å². The average molecular weight is 373 g/mol. The van der Waals surface area contributed by atoms with Crippen LogP contribution in [0.4, 0.5) is 0 Å². The fraction of sp³-hybridized carbons (Fsp3) is 0.231. The van der Waals surface area contributed by atoms with Gasteiger partial charge in [-0.2, -0.15) is 0 Å². The third-order valence-electron chi connectivity index (χ3n) is 4.59. The van der Waals surface area contributed by atoms with E-state index in [1.54, 1.807) is 6.08 Å². The number of allylic oxidation sites excluding steroid dienone is 7. The highest BCUT2D eigenvalue weighted by molar-refractivity contribution is 5.94. The van der Waals surface area contributed by atoms with Gasteiger partial charge in [-0.15, -0.1) is 0 Å². The van der Waals surface area contributed by atoms with Gasteiger partial charge in [0.15, 0.2) is 0 Å². The topological polar surface area (TPSA) is 27.8 Å². The zero-order chi connectivity index (χ0) is 20.7. The molecule has 2 heteroatoms. The van der Waals surface area contributed by atoms with Gasteiger partial charge in [-0.1, -0.05) is 55.2 Å². The summed E-state index contributed by atoms with van der Waals surface area (Å²) in [4.78, 5) is 3.39. The standard InChI is InChI=1S/C26H32N2/c1-8-10-12-20(6)26(28-22(11-9-2)15-18(3)4)21(7)24-17-27-25-16-19(5)13-14-23(24)25/h8-17,26-28H,2,7H2,1,3-6H3/b10-8-,20-12+,22-11+. The maximum absolute atomic E-state index is 4.47. The summed E-state index contributed by atoms with van der Waals surface area (Å²) in [7, 11) is 0. The molecule has 2 aromatic rings. The first kappa shape index (κ1) is 21.3. The van der Waals surface area contributed by atoms with E-state index in [9.17, 15) is 0 Å². The first-order valence-corrected chi connectivity index (χ1v) is 9.68. The van der Waals surface area contributed by atoms with Gasteiger partial charge in [0.1, 0.15) is 0 Å². The van der Waals surface area contributed by atoms with Gasteiger partial charge < -0.3 is 10.3 Å². The Hall–Kier alpha value is -3.00. The number of aryl methyl sites for hydroxylation is 1. The molecule has 1 unspecified atom stereocenters. The number of rotatable bonds is 8. The van der Waals surface area contributed by atoms with E-state index < -0.39 is 0 Å². The van der Waals surface area contributed by atoms with Crippen LogP contribution in [0.2, 0.25) is 0 Å². The van der Waals surface area contributed by atoms with Crippen molar-refractivity contribution in [2.45, 2.75) is 40.7 Å². The molecule has 0 bridgehead atoms. The Morgan fingerprint density at radius 2 is 1.93 bits per heavy atom. The van der Waals surface area contributed by atoms with Crippen molar-refractivity contribution in [1.82, 2.24) is 10.3 Å². The van der Waals surface area contributed by atoms with Gasteiger partial charge in [-0.3, -0.25) is 0 Å². The molecule has 1 heterocycles. The fourth-order valence-corrected chi connectivity index (χ4v) is 3.22. The Morgan fingerprint density at radius 1 is 1.18 bits per heavy atom. The van der Waals surface area contributed by atoms with E-state index in [2.05, 4.69) is 93.8 Å². The summed E-state index contributed by atoms with van der Waals surface area (Å²) in [5.74, 6) is 0. The second kappa shape index (κ2) is 9.80. The van der Waals surface area contributed by atoms with E-state index >= 15 is 0 Å². The predicted molar refractivity (Wildman–Crippen MR) is 125 cm³/mol. The van der Waals surface area contributed by atoms with Crippen molar-refractivity contribution in [1.29, 1.82) is 0 Å². The SMILES string of the molecule is C=C/C=C(\C=C(C)C)NC(C(=C)c1c[nH]c2cc(C)ccc12)/C(C)=C/C=C\C. The summed E-state index contributed by atoms with van der Waals surface area (Å²) in [6.07, 6.45) is 14.2. The summed E-state index contributed by atoms with van der Waals surface area (Å²) in [5.41, 5.74) is 7.98. The molecule has 2 nitrogen and oxygen atoms in total. The maximum atomic E-state index is 4.47. The quantitative estimate of drug-likeness (QED) is 0.479. The lowest BCUT2D eigenvalue weighted by Crippen LogP contribution is -2.30. The first-order chi connectivity index (χ1) is 13.4. The smallest absolute Gasteiger partial charge is 0.0728 e. The first-order valence-electron chi connectivity index (χ1n) is 9.68. The third-order valence-corrected chi connectivity index (χ3v) is 4.59. The molecule has 28 heavy (non-hydrogen) atoms. The van der Waals surface area contributed by atoms with Crippen LogP contribution in [0.3, 0.4) is 0 Å². The zero-order valence-corrected chi connectivity index (χ0v) is 17.8. The summed E-state index contributed by atoms with van der Waals surface area (Å²) >= 11 is 0. The fourth-order valence-electron chi connectivity index (χ4n) is 3.22. The normalized spacial score (nSPS) is 13.6. The summed E-state index contributed by atoms with van der Waals surface area (Å²) < 4.78 is 0. The zero-order valence-electron chi connectivity index (χ0n) is 17.8. The van der Waals surface area contributed by atoms with Gasteiger partial charge >= 0.3 is 0 Å². The number of hydrogen-bond donors (Lipinski definition) is 2. The van der Waals surface area contributed by atoms with Crippen molar-refractivity contribution in [3.63, 3.8) is 0 Å². The number of H-pyrrole nitrogens is 1. The second-order valence-corrected chi connectivity index (χ2v) is 7.37. The highest BCUT2D eigenvalue weighted by atomic mass is 14.9. The molecule has 1 aromatic heterocycles. The van der Waals surface area contributed by atoms with E-state index in [0.717, 1.165) is 22.4 Å². The van der Waals surface area contributed by atoms with Gasteiger partial charge in [0.25, 0.3) is 0 Å². The molecular weight excluding hydrogens is 340 g/mol. The molecule has 0 spiro atoms. The monoisotopic (exact) mass is 372 g/mol. The number of aromatic amines is 1. The van der Waals surface area contributed by atoms with E-state index in [1.807, 2.05) is 19.1 Å². The summed E-state index contributed by atoms with van der Waals surface area (Å²) in [6.45, 7) is 18.8. The molecule has 0 saturated heterocycles. The second-order valence-electron chi connectivity index (χ2n) is 7.37. The molecule has 1 atom stereocenters. The molecule has 0 amide bonds. The highest BCUT2D eigenvalue weighted by Crippen LogP contribution is 2.29. The minimum atomic E-state index is -0.0293. The van der Waals surface area contributed by atoms with Crippen LogP contribution >= 0.6 is 0 Å². The van der Waals surface area contributed by atoms with Crippen LogP contribution in [0.25, 0.3) is 16.5 Å². The van der Waals surface area contributed by atoms with Crippen LogP contribution in [0.15, 0.2) is 90.9 Å². The molecule has 0 fully saturated rings.